The molecule has 29 heavy (non-hydrogen) atoms. The number of amides is 1. The molecule has 10 heteroatoms. The van der Waals surface area contributed by atoms with Gasteiger partial charge in [-0.15, -0.1) is 11.8 Å². The van der Waals surface area contributed by atoms with Crippen LogP contribution in [0.25, 0.3) is 11.3 Å². The third-order valence-corrected chi connectivity index (χ3v) is 6.20. The highest BCUT2D eigenvalue weighted by Crippen LogP contribution is 2.39. The summed E-state index contributed by atoms with van der Waals surface area (Å²) in [6, 6.07) is 6.61. The molecule has 1 aromatic carbocycles. The van der Waals surface area contributed by atoms with Crippen molar-refractivity contribution in [2.24, 2.45) is 0 Å². The summed E-state index contributed by atoms with van der Waals surface area (Å²) in [5, 5.41) is 27.5. The summed E-state index contributed by atoms with van der Waals surface area (Å²) in [5.74, 6) is -2.77. The molecule has 1 aromatic heterocycles. The number of aromatic nitrogens is 1. The first-order valence-electron chi connectivity index (χ1n) is 8.84. The molecule has 0 unspecified atom stereocenters. The Labute approximate surface area is 170 Å². The topological polar surface area (TPSA) is 142 Å². The molecule has 0 spiro atoms. The van der Waals surface area contributed by atoms with Gasteiger partial charge in [0.2, 0.25) is 0 Å². The van der Waals surface area contributed by atoms with Crippen molar-refractivity contribution in [3.05, 3.63) is 41.7 Å². The van der Waals surface area contributed by atoms with E-state index in [0.29, 0.717) is 11.3 Å². The van der Waals surface area contributed by atoms with Crippen LogP contribution >= 0.6 is 11.8 Å². The van der Waals surface area contributed by atoms with E-state index in [1.807, 2.05) is 6.07 Å². The molecule has 9 nitrogen and oxygen atoms in total. The first-order chi connectivity index (χ1) is 13.6. The zero-order valence-corrected chi connectivity index (χ0v) is 16.8. The van der Waals surface area contributed by atoms with Gasteiger partial charge >= 0.3 is 11.9 Å². The molecule has 1 aliphatic rings. The second-order valence-electron chi connectivity index (χ2n) is 7.20. The molecule has 1 fully saturated rings. The highest BCUT2D eigenvalue weighted by molar-refractivity contribution is 8.01. The fourth-order valence-electron chi connectivity index (χ4n) is 3.24. The van der Waals surface area contributed by atoms with E-state index in [0.717, 1.165) is 11.8 Å². The van der Waals surface area contributed by atoms with E-state index in [1.54, 1.807) is 45.0 Å². The van der Waals surface area contributed by atoms with Crippen molar-refractivity contribution in [2.75, 3.05) is 0 Å². The lowest BCUT2D eigenvalue weighted by molar-refractivity contribution is -0.142. The second-order valence-corrected chi connectivity index (χ2v) is 8.99. The SMILES string of the molecule is Cc1onc(-c2ccccc2)c1C(=O)N[C@H](C(=O)O)[C@@H]1N[C@@H](C(=O)O)C(C)(C)S1. The van der Waals surface area contributed by atoms with Crippen LogP contribution in [0.15, 0.2) is 34.9 Å². The van der Waals surface area contributed by atoms with E-state index in [1.165, 1.54) is 0 Å². The van der Waals surface area contributed by atoms with Gasteiger partial charge in [0, 0.05) is 10.3 Å². The van der Waals surface area contributed by atoms with Crippen LogP contribution in [0.2, 0.25) is 0 Å². The highest BCUT2D eigenvalue weighted by Gasteiger charge is 2.49. The lowest BCUT2D eigenvalue weighted by atomic mass is 10.0. The number of hydrogen-bond donors (Lipinski definition) is 4. The Hall–Kier alpha value is -2.85. The van der Waals surface area contributed by atoms with Crippen molar-refractivity contribution in [2.45, 2.75) is 43.0 Å². The predicted molar refractivity (Wildman–Crippen MR) is 106 cm³/mol. The van der Waals surface area contributed by atoms with Gasteiger partial charge in [-0.05, 0) is 20.8 Å². The summed E-state index contributed by atoms with van der Waals surface area (Å²) in [7, 11) is 0. The molecule has 0 saturated carbocycles. The molecule has 3 atom stereocenters. The fraction of sp³-hybridized carbons (Fsp3) is 0.368. The molecule has 1 amide bonds. The average Bonchev–Trinajstić information content (AvgIpc) is 3.19. The Morgan fingerprint density at radius 2 is 1.90 bits per heavy atom. The van der Waals surface area contributed by atoms with Crippen LogP contribution in [-0.2, 0) is 9.59 Å². The summed E-state index contributed by atoms with van der Waals surface area (Å²) in [6.07, 6.45) is 0. The van der Waals surface area contributed by atoms with E-state index < -0.39 is 40.1 Å². The summed E-state index contributed by atoms with van der Waals surface area (Å²) >= 11 is 1.16. The van der Waals surface area contributed by atoms with E-state index in [2.05, 4.69) is 15.8 Å². The monoisotopic (exact) mass is 419 g/mol. The molecule has 1 saturated heterocycles. The van der Waals surface area contributed by atoms with Crippen molar-refractivity contribution in [1.82, 2.24) is 15.8 Å². The predicted octanol–water partition coefficient (Wildman–Crippen LogP) is 1.73. The molecule has 0 bridgehead atoms. The normalized spacial score (nSPS) is 21.5. The maximum atomic E-state index is 12.9. The molecular formula is C19H21N3O6S. The van der Waals surface area contributed by atoms with E-state index >= 15 is 0 Å². The minimum atomic E-state index is -1.35. The van der Waals surface area contributed by atoms with Gasteiger partial charge in [-0.25, -0.2) is 4.79 Å². The van der Waals surface area contributed by atoms with Crippen LogP contribution in [0, 0.1) is 6.92 Å². The maximum absolute atomic E-state index is 12.9. The zero-order chi connectivity index (χ0) is 21.3. The molecule has 0 aliphatic carbocycles. The summed E-state index contributed by atoms with van der Waals surface area (Å²) < 4.78 is 4.41. The Balaban J connectivity index is 1.87. The van der Waals surface area contributed by atoms with Crippen LogP contribution in [0.5, 0.6) is 0 Å². The van der Waals surface area contributed by atoms with Crippen LogP contribution in [0.4, 0.5) is 0 Å². The van der Waals surface area contributed by atoms with Crippen molar-refractivity contribution >= 4 is 29.6 Å². The van der Waals surface area contributed by atoms with Gasteiger partial charge in [-0.1, -0.05) is 35.5 Å². The van der Waals surface area contributed by atoms with Crippen LogP contribution < -0.4 is 10.6 Å². The van der Waals surface area contributed by atoms with Gasteiger partial charge in [0.1, 0.15) is 23.1 Å². The Kier molecular flexibility index (Phi) is 5.67. The third kappa shape index (κ3) is 4.13. The number of hydrogen-bond acceptors (Lipinski definition) is 7. The lowest BCUT2D eigenvalue weighted by Gasteiger charge is -2.22. The maximum Gasteiger partial charge on any atom is 0.328 e. The number of aryl methyl sites for hydroxylation is 1. The summed E-state index contributed by atoms with van der Waals surface area (Å²) in [5.41, 5.74) is 1.10. The van der Waals surface area contributed by atoms with Gasteiger partial charge in [-0.2, -0.15) is 0 Å². The second kappa shape index (κ2) is 7.88. The van der Waals surface area contributed by atoms with Crippen molar-refractivity contribution in [3.63, 3.8) is 0 Å². The Morgan fingerprint density at radius 1 is 1.24 bits per heavy atom. The molecule has 1 aliphatic heterocycles. The van der Waals surface area contributed by atoms with Gasteiger partial charge in [0.05, 0.1) is 5.37 Å². The number of aliphatic carboxylic acids is 2. The first kappa shape index (κ1) is 20.9. The number of carbonyl (C=O) groups is 3. The molecule has 4 N–H and O–H groups in total. The highest BCUT2D eigenvalue weighted by atomic mass is 32.2. The largest absolute Gasteiger partial charge is 0.480 e. The van der Waals surface area contributed by atoms with Gasteiger partial charge < -0.3 is 20.1 Å². The van der Waals surface area contributed by atoms with Gasteiger partial charge in [0.15, 0.2) is 6.04 Å². The van der Waals surface area contributed by atoms with E-state index in [9.17, 15) is 24.6 Å². The van der Waals surface area contributed by atoms with E-state index in [-0.39, 0.29) is 11.3 Å². The number of nitrogens with one attached hydrogen (secondary N) is 2. The number of carboxylic acid groups (broad SMARTS) is 2. The molecular weight excluding hydrogens is 398 g/mol. The van der Waals surface area contributed by atoms with Crippen molar-refractivity contribution < 1.29 is 29.1 Å². The van der Waals surface area contributed by atoms with Crippen LogP contribution in [-0.4, -0.2) is 55.4 Å². The first-order valence-corrected chi connectivity index (χ1v) is 9.72. The van der Waals surface area contributed by atoms with Crippen molar-refractivity contribution in [1.29, 1.82) is 0 Å². The molecule has 2 aromatic rings. The average molecular weight is 419 g/mol. The van der Waals surface area contributed by atoms with Gasteiger partial charge in [-0.3, -0.25) is 14.9 Å². The summed E-state index contributed by atoms with van der Waals surface area (Å²) in [4.78, 5) is 36.3. The molecule has 3 rings (SSSR count). The van der Waals surface area contributed by atoms with Gasteiger partial charge in [0.25, 0.3) is 5.91 Å². The number of nitrogens with zero attached hydrogens (tertiary/aromatic N) is 1. The fourth-order valence-corrected chi connectivity index (χ4v) is 4.72. The number of carbonyl (C=O) groups excluding carboxylic acids is 1. The lowest BCUT2D eigenvalue weighted by Crippen LogP contribution is -2.53. The minimum Gasteiger partial charge on any atom is -0.480 e. The van der Waals surface area contributed by atoms with E-state index in [4.69, 9.17) is 4.52 Å². The minimum absolute atomic E-state index is 0.138. The molecule has 154 valence electrons. The molecule has 0 radical (unpaired) electrons. The number of rotatable bonds is 6. The Morgan fingerprint density at radius 3 is 2.45 bits per heavy atom. The van der Waals surface area contributed by atoms with Crippen molar-refractivity contribution in [3.8, 4) is 11.3 Å². The van der Waals surface area contributed by atoms with Crippen LogP contribution in [0.3, 0.4) is 0 Å². The number of thioether (sulfide) groups is 1. The smallest absolute Gasteiger partial charge is 0.328 e. The number of benzene rings is 1. The Bertz CT molecular complexity index is 943. The third-order valence-electron chi connectivity index (χ3n) is 4.70. The number of carboxylic acids is 2. The van der Waals surface area contributed by atoms with Crippen LogP contribution in [0.1, 0.15) is 30.0 Å². The standard InChI is InChI=1S/C19H21N3O6S/c1-9-11(12(22-28-9)10-7-5-4-6-8-10)15(23)20-13(17(24)25)16-21-14(18(26)27)19(2,3)29-16/h4-8,13-14,16,21H,1-3H3,(H,20,23)(H,24,25)(H,26,27)/t13-,14-,16+/m0/s1. The quantitative estimate of drug-likeness (QED) is 0.550. The zero-order valence-electron chi connectivity index (χ0n) is 16.0. The summed E-state index contributed by atoms with van der Waals surface area (Å²) in [6.45, 7) is 4.99. The molecule has 2 heterocycles.